The molecule has 5 rings (SSSR count). The van der Waals surface area contributed by atoms with Gasteiger partial charge in [0.2, 0.25) is 0 Å². The Morgan fingerprint density at radius 1 is 1.05 bits per heavy atom. The maximum absolute atomic E-state index is 13.8. The Balaban J connectivity index is 1.81. The molecule has 192 valence electrons. The van der Waals surface area contributed by atoms with Gasteiger partial charge >= 0.3 is 0 Å². The predicted molar refractivity (Wildman–Crippen MR) is 158 cm³/mol. The van der Waals surface area contributed by atoms with E-state index in [-0.39, 0.29) is 0 Å². The molecule has 2 aromatic carbocycles. The molecule has 0 aliphatic heterocycles. The van der Waals surface area contributed by atoms with Gasteiger partial charge in [-0.2, -0.15) is 5.26 Å². The van der Waals surface area contributed by atoms with Gasteiger partial charge in [0.25, 0.3) is 0 Å². The molecular formula is C29H26BrN5OS2. The van der Waals surface area contributed by atoms with Gasteiger partial charge in [0, 0.05) is 44.4 Å². The van der Waals surface area contributed by atoms with Crippen molar-refractivity contribution in [1.82, 2.24) is 19.3 Å². The first-order valence-corrected chi connectivity index (χ1v) is 14.7. The number of fused-ring (bicyclic) bond motifs is 1. The number of thiophene rings is 1. The predicted octanol–water partition coefficient (Wildman–Crippen LogP) is 6.67. The van der Waals surface area contributed by atoms with Gasteiger partial charge in [-0.05, 0) is 68.3 Å². The van der Waals surface area contributed by atoms with Crippen molar-refractivity contribution in [2.75, 3.05) is 0 Å². The first-order chi connectivity index (χ1) is 18.1. The molecule has 0 saturated carbocycles. The van der Waals surface area contributed by atoms with E-state index >= 15 is 0 Å². The van der Waals surface area contributed by atoms with Gasteiger partial charge in [0.1, 0.15) is 5.54 Å². The van der Waals surface area contributed by atoms with Crippen molar-refractivity contribution in [3.05, 3.63) is 106 Å². The second kappa shape index (κ2) is 10.2. The van der Waals surface area contributed by atoms with Gasteiger partial charge in [0.15, 0.2) is 0 Å². The smallest absolute Gasteiger partial charge is 0.132 e. The van der Waals surface area contributed by atoms with Crippen LogP contribution in [0.1, 0.15) is 42.5 Å². The first kappa shape index (κ1) is 26.4. The summed E-state index contributed by atoms with van der Waals surface area (Å²) in [5.41, 5.74) is 3.37. The second-order valence-electron chi connectivity index (χ2n) is 10.0. The third-order valence-corrected chi connectivity index (χ3v) is 9.86. The highest BCUT2D eigenvalue weighted by Gasteiger charge is 2.43. The van der Waals surface area contributed by atoms with Gasteiger partial charge < -0.3 is 4.57 Å². The Bertz CT molecular complexity index is 1680. The lowest BCUT2D eigenvalue weighted by Gasteiger charge is -2.36. The summed E-state index contributed by atoms with van der Waals surface area (Å²) >= 11 is 5.44. The van der Waals surface area contributed by atoms with E-state index in [1.165, 1.54) is 0 Å². The number of rotatable bonds is 6. The molecule has 0 radical (unpaired) electrons. The number of aromatic nitrogens is 3. The van der Waals surface area contributed by atoms with Crippen molar-refractivity contribution in [2.24, 2.45) is 7.05 Å². The number of nitrogens with zero attached hydrogens (tertiary/aromatic N) is 4. The van der Waals surface area contributed by atoms with E-state index in [4.69, 9.17) is 0 Å². The number of aryl methyl sites for hydroxylation is 1. The molecule has 2 atom stereocenters. The van der Waals surface area contributed by atoms with Crippen LogP contribution in [0.4, 0.5) is 0 Å². The second-order valence-corrected chi connectivity index (χ2v) is 13.9. The average molecular weight is 605 g/mol. The summed E-state index contributed by atoms with van der Waals surface area (Å²) in [5, 5.41) is 10.5. The lowest BCUT2D eigenvalue weighted by Crippen LogP contribution is -2.50. The molecule has 0 aliphatic rings. The Morgan fingerprint density at radius 2 is 1.82 bits per heavy atom. The topological polar surface area (TPSA) is 83.6 Å². The molecule has 9 heteroatoms. The van der Waals surface area contributed by atoms with E-state index in [1.807, 2.05) is 69.0 Å². The Labute approximate surface area is 237 Å². The Morgan fingerprint density at radius 3 is 2.42 bits per heavy atom. The molecule has 0 saturated heterocycles. The molecule has 0 amide bonds. The zero-order valence-corrected chi connectivity index (χ0v) is 24.6. The highest BCUT2D eigenvalue weighted by atomic mass is 79.9. The minimum Gasteiger partial charge on any atom is -0.335 e. The highest BCUT2D eigenvalue weighted by Crippen LogP contribution is 2.45. The van der Waals surface area contributed by atoms with Crippen molar-refractivity contribution in [1.29, 1.82) is 5.26 Å². The van der Waals surface area contributed by atoms with Crippen LogP contribution in [0.15, 0.2) is 84.0 Å². The molecule has 0 spiro atoms. The molecule has 0 bridgehead atoms. The number of nitrogens with one attached hydrogen (secondary N) is 1. The summed E-state index contributed by atoms with van der Waals surface area (Å²) in [7, 11) is 0.498. The molecule has 2 unspecified atom stereocenters. The normalized spacial score (nSPS) is 14.2. The highest BCUT2D eigenvalue weighted by molar-refractivity contribution is 9.10. The average Bonchev–Trinajstić information content (AvgIpc) is 3.54. The number of pyridine rings is 1. The van der Waals surface area contributed by atoms with Crippen LogP contribution in [0.2, 0.25) is 0 Å². The van der Waals surface area contributed by atoms with Crippen LogP contribution in [0, 0.1) is 11.3 Å². The molecular weight excluding hydrogens is 578 g/mol. The molecule has 5 aromatic rings. The number of halogens is 1. The fraction of sp³-hybridized carbons (Fsp3) is 0.207. The maximum atomic E-state index is 13.8. The van der Waals surface area contributed by atoms with Crippen molar-refractivity contribution in [3.63, 3.8) is 0 Å². The summed E-state index contributed by atoms with van der Waals surface area (Å²) in [5.74, 6) is 0. The molecule has 3 aromatic heterocycles. The first-order valence-electron chi connectivity index (χ1n) is 11.9. The Hall–Kier alpha value is -3.16. The number of hydrogen-bond donors (Lipinski definition) is 1. The van der Waals surface area contributed by atoms with Crippen LogP contribution in [0.3, 0.4) is 0 Å². The number of hydrogen-bond acceptors (Lipinski definition) is 5. The van der Waals surface area contributed by atoms with E-state index in [0.29, 0.717) is 5.56 Å². The summed E-state index contributed by atoms with van der Waals surface area (Å²) in [4.78, 5) is 9.67. The van der Waals surface area contributed by atoms with E-state index in [9.17, 15) is 9.47 Å². The van der Waals surface area contributed by atoms with Gasteiger partial charge in [-0.1, -0.05) is 34.1 Å². The van der Waals surface area contributed by atoms with E-state index in [1.54, 1.807) is 36.0 Å². The van der Waals surface area contributed by atoms with Gasteiger partial charge in [-0.25, -0.2) is 13.9 Å². The molecule has 3 heterocycles. The molecule has 38 heavy (non-hydrogen) atoms. The molecule has 6 nitrogen and oxygen atoms in total. The quantitative estimate of drug-likeness (QED) is 0.235. The van der Waals surface area contributed by atoms with E-state index in [2.05, 4.69) is 54.9 Å². The van der Waals surface area contributed by atoms with Gasteiger partial charge in [-0.3, -0.25) is 4.98 Å². The van der Waals surface area contributed by atoms with Crippen molar-refractivity contribution >= 4 is 48.3 Å². The number of nitriles is 1. The van der Waals surface area contributed by atoms with Crippen molar-refractivity contribution in [3.8, 4) is 17.2 Å². The number of imidazole rings is 1. The minimum absolute atomic E-state index is 0.527. The largest absolute Gasteiger partial charge is 0.335 e. The van der Waals surface area contributed by atoms with Crippen LogP contribution >= 0.6 is 27.3 Å². The standard InChI is InChI=1S/C29H26BrN5OS2/c1-28(2,3)38(36)34-29(26-17-33-18-35(26)4,22-9-7-19(15-31)8-10-22)27-14-23-24(30)12-21(13-25(23)37-27)20-6-5-11-32-16-20/h5-14,16-18,34H,1-4H3. The van der Waals surface area contributed by atoms with Crippen LogP contribution in [0.5, 0.6) is 0 Å². The zero-order chi connectivity index (χ0) is 27.1. The van der Waals surface area contributed by atoms with Gasteiger partial charge in [0.05, 0.1) is 45.6 Å². The molecule has 1 N–H and O–H groups in total. The minimum atomic E-state index is -1.44. The van der Waals surface area contributed by atoms with Crippen LogP contribution < -0.4 is 4.72 Å². The lowest BCUT2D eigenvalue weighted by atomic mass is 9.85. The third kappa shape index (κ3) is 4.74. The van der Waals surface area contributed by atoms with E-state index < -0.39 is 21.3 Å². The molecule has 0 fully saturated rings. The summed E-state index contributed by atoms with van der Waals surface area (Å²) in [6, 6.07) is 20.0. The third-order valence-electron chi connectivity index (χ3n) is 6.40. The summed E-state index contributed by atoms with van der Waals surface area (Å²) in [6.45, 7) is 5.85. The number of benzene rings is 2. The maximum Gasteiger partial charge on any atom is 0.132 e. The monoisotopic (exact) mass is 603 g/mol. The van der Waals surface area contributed by atoms with Gasteiger partial charge in [-0.15, -0.1) is 11.3 Å². The summed E-state index contributed by atoms with van der Waals surface area (Å²) in [6.07, 6.45) is 7.18. The van der Waals surface area contributed by atoms with Crippen molar-refractivity contribution in [2.45, 2.75) is 31.1 Å². The molecule has 0 aliphatic carbocycles. The van der Waals surface area contributed by atoms with Crippen LogP contribution in [-0.4, -0.2) is 23.5 Å². The van der Waals surface area contributed by atoms with Crippen LogP contribution in [0.25, 0.3) is 21.2 Å². The zero-order valence-electron chi connectivity index (χ0n) is 21.4. The summed E-state index contributed by atoms with van der Waals surface area (Å²) < 4.78 is 20.8. The SMILES string of the molecule is Cn1cncc1C(NS(=O)C(C)(C)C)(c1ccc(C#N)cc1)c1cc2c(Br)cc(-c3cccnc3)cc2s1. The lowest BCUT2D eigenvalue weighted by molar-refractivity contribution is 0.535. The fourth-order valence-electron chi connectivity index (χ4n) is 4.36. The van der Waals surface area contributed by atoms with E-state index in [0.717, 1.165) is 41.8 Å². The van der Waals surface area contributed by atoms with Crippen LogP contribution in [-0.2, 0) is 23.6 Å². The fourth-order valence-corrected chi connectivity index (χ4v) is 7.36. The van der Waals surface area contributed by atoms with Crippen molar-refractivity contribution < 1.29 is 4.21 Å². The Kier molecular flexibility index (Phi) is 7.09.